The molecule has 0 aliphatic carbocycles. The number of benzene rings is 1. The molecule has 0 spiro atoms. The van der Waals surface area contributed by atoms with Crippen LogP contribution >= 0.6 is 0 Å². The molecule has 26 heavy (non-hydrogen) atoms. The minimum Gasteiger partial charge on any atom is -0.378 e. The molecule has 2 saturated heterocycles. The fourth-order valence-corrected chi connectivity index (χ4v) is 3.73. The molecule has 1 aromatic rings. The van der Waals surface area contributed by atoms with Gasteiger partial charge in [-0.2, -0.15) is 0 Å². The third kappa shape index (κ3) is 4.22. The molecule has 2 fully saturated rings. The second-order valence-electron chi connectivity index (χ2n) is 6.76. The predicted molar refractivity (Wildman–Crippen MR) is 92.9 cm³/mol. The highest BCUT2D eigenvalue weighted by Crippen LogP contribution is 2.34. The van der Waals surface area contributed by atoms with Crippen LogP contribution in [-0.2, 0) is 19.1 Å². The first-order valence-corrected chi connectivity index (χ1v) is 9.00. The number of amides is 2. The predicted octanol–water partition coefficient (Wildman–Crippen LogP) is 1.61. The summed E-state index contributed by atoms with van der Waals surface area (Å²) in [5, 5.41) is 0. The Bertz CT molecular complexity index is 631. The average molecular weight is 364 g/mol. The zero-order chi connectivity index (χ0) is 18.5. The normalized spacial score (nSPS) is 23.8. The Hall–Kier alpha value is -1.99. The molecule has 0 N–H and O–H groups in total. The van der Waals surface area contributed by atoms with Gasteiger partial charge < -0.3 is 19.3 Å². The summed E-state index contributed by atoms with van der Waals surface area (Å²) in [6, 6.07) is 6.06. The second kappa shape index (κ2) is 8.60. The maximum absolute atomic E-state index is 13.2. The van der Waals surface area contributed by atoms with Crippen LogP contribution in [0.5, 0.6) is 0 Å². The molecule has 0 saturated carbocycles. The van der Waals surface area contributed by atoms with Gasteiger partial charge >= 0.3 is 0 Å². The summed E-state index contributed by atoms with van der Waals surface area (Å²) in [6.45, 7) is 2.65. The monoisotopic (exact) mass is 364 g/mol. The number of hydrogen-bond acceptors (Lipinski definition) is 4. The third-order valence-corrected chi connectivity index (χ3v) is 5.10. The van der Waals surface area contributed by atoms with Crippen molar-refractivity contribution in [1.29, 1.82) is 0 Å². The van der Waals surface area contributed by atoms with Crippen LogP contribution in [0.4, 0.5) is 4.39 Å². The van der Waals surface area contributed by atoms with Crippen LogP contribution in [0.3, 0.4) is 0 Å². The number of likely N-dealkylation sites (tertiary alicyclic amines) is 1. The molecule has 0 radical (unpaired) electrons. The van der Waals surface area contributed by atoms with Crippen LogP contribution in [0.25, 0.3) is 0 Å². The van der Waals surface area contributed by atoms with Crippen molar-refractivity contribution in [1.82, 2.24) is 9.80 Å². The zero-order valence-electron chi connectivity index (χ0n) is 15.0. The van der Waals surface area contributed by atoms with Gasteiger partial charge in [-0.3, -0.25) is 9.59 Å². The van der Waals surface area contributed by atoms with E-state index in [0.717, 1.165) is 5.56 Å². The van der Waals surface area contributed by atoms with Crippen molar-refractivity contribution in [2.75, 3.05) is 46.6 Å². The molecule has 2 aliphatic rings. The SMILES string of the molecule is COCC(=O)N1CC(C(=O)N2CCOCC2)CCC1c1ccc(F)cc1. The molecule has 3 rings (SSSR count). The molecule has 6 nitrogen and oxygen atoms in total. The first kappa shape index (κ1) is 18.8. The summed E-state index contributed by atoms with van der Waals surface area (Å²) in [4.78, 5) is 28.9. The van der Waals surface area contributed by atoms with E-state index < -0.39 is 0 Å². The highest BCUT2D eigenvalue weighted by atomic mass is 19.1. The van der Waals surface area contributed by atoms with E-state index in [2.05, 4.69) is 0 Å². The van der Waals surface area contributed by atoms with Gasteiger partial charge in [-0.25, -0.2) is 4.39 Å². The second-order valence-corrected chi connectivity index (χ2v) is 6.76. The summed E-state index contributed by atoms with van der Waals surface area (Å²) >= 11 is 0. The van der Waals surface area contributed by atoms with Crippen LogP contribution < -0.4 is 0 Å². The molecule has 1 aromatic carbocycles. The Morgan fingerprint density at radius 2 is 1.88 bits per heavy atom. The van der Waals surface area contributed by atoms with E-state index in [1.165, 1.54) is 19.2 Å². The first-order valence-electron chi connectivity index (χ1n) is 9.00. The third-order valence-electron chi connectivity index (χ3n) is 5.10. The van der Waals surface area contributed by atoms with Gasteiger partial charge in [-0.15, -0.1) is 0 Å². The van der Waals surface area contributed by atoms with Crippen molar-refractivity contribution in [3.63, 3.8) is 0 Å². The molecular formula is C19H25FN2O4. The van der Waals surface area contributed by atoms with Gasteiger partial charge in [0.05, 0.1) is 25.2 Å². The molecule has 2 amide bonds. The van der Waals surface area contributed by atoms with E-state index >= 15 is 0 Å². The summed E-state index contributed by atoms with van der Waals surface area (Å²) in [6.07, 6.45) is 1.37. The lowest BCUT2D eigenvalue weighted by Crippen LogP contribution is -2.50. The molecule has 2 aliphatic heterocycles. The van der Waals surface area contributed by atoms with Crippen molar-refractivity contribution in [3.8, 4) is 0 Å². The van der Waals surface area contributed by atoms with Crippen molar-refractivity contribution in [3.05, 3.63) is 35.6 Å². The van der Waals surface area contributed by atoms with Gasteiger partial charge in [-0.1, -0.05) is 12.1 Å². The summed E-state index contributed by atoms with van der Waals surface area (Å²) < 4.78 is 23.6. The highest BCUT2D eigenvalue weighted by Gasteiger charge is 2.37. The molecule has 142 valence electrons. The smallest absolute Gasteiger partial charge is 0.249 e. The van der Waals surface area contributed by atoms with E-state index in [0.29, 0.717) is 45.7 Å². The fourth-order valence-electron chi connectivity index (χ4n) is 3.73. The quantitative estimate of drug-likeness (QED) is 0.815. The molecule has 0 aromatic heterocycles. The largest absolute Gasteiger partial charge is 0.378 e. The Labute approximate surface area is 152 Å². The number of methoxy groups -OCH3 is 1. The zero-order valence-corrected chi connectivity index (χ0v) is 15.0. The van der Waals surface area contributed by atoms with Crippen LogP contribution in [0.15, 0.2) is 24.3 Å². The number of piperidine rings is 1. The minimum absolute atomic E-state index is 0.0316. The fraction of sp³-hybridized carbons (Fsp3) is 0.579. The average Bonchev–Trinajstić information content (AvgIpc) is 2.68. The van der Waals surface area contributed by atoms with Crippen LogP contribution in [0.1, 0.15) is 24.4 Å². The topological polar surface area (TPSA) is 59.1 Å². The van der Waals surface area contributed by atoms with Gasteiger partial charge in [0.15, 0.2) is 0 Å². The van der Waals surface area contributed by atoms with Gasteiger partial charge in [0, 0.05) is 26.7 Å². The Kier molecular flexibility index (Phi) is 6.21. The van der Waals surface area contributed by atoms with Crippen LogP contribution in [0, 0.1) is 11.7 Å². The minimum atomic E-state index is -0.306. The summed E-state index contributed by atoms with van der Waals surface area (Å²) in [7, 11) is 1.48. The summed E-state index contributed by atoms with van der Waals surface area (Å²) in [5.41, 5.74) is 0.883. The Balaban J connectivity index is 1.75. The lowest BCUT2D eigenvalue weighted by molar-refractivity contribution is -0.147. The van der Waals surface area contributed by atoms with E-state index in [1.807, 2.05) is 4.90 Å². The molecule has 0 bridgehead atoms. The van der Waals surface area contributed by atoms with Crippen molar-refractivity contribution in [2.45, 2.75) is 18.9 Å². The Morgan fingerprint density at radius 3 is 2.54 bits per heavy atom. The Morgan fingerprint density at radius 1 is 1.19 bits per heavy atom. The van der Waals surface area contributed by atoms with Crippen LogP contribution in [0.2, 0.25) is 0 Å². The maximum Gasteiger partial charge on any atom is 0.249 e. The number of hydrogen-bond donors (Lipinski definition) is 0. The van der Waals surface area contributed by atoms with Crippen LogP contribution in [-0.4, -0.2) is 68.2 Å². The lowest BCUT2D eigenvalue weighted by Gasteiger charge is -2.41. The highest BCUT2D eigenvalue weighted by molar-refractivity contribution is 5.82. The van der Waals surface area contributed by atoms with Crippen molar-refractivity contribution >= 4 is 11.8 Å². The number of nitrogens with zero attached hydrogens (tertiary/aromatic N) is 2. The van der Waals surface area contributed by atoms with E-state index in [-0.39, 0.29) is 36.2 Å². The van der Waals surface area contributed by atoms with Crippen molar-refractivity contribution < 1.29 is 23.5 Å². The number of halogens is 1. The van der Waals surface area contributed by atoms with Crippen molar-refractivity contribution in [2.24, 2.45) is 5.92 Å². The molecule has 2 atom stereocenters. The number of ether oxygens (including phenoxy) is 2. The lowest BCUT2D eigenvalue weighted by atomic mass is 9.88. The molecular weight excluding hydrogens is 339 g/mol. The number of carbonyl (C=O) groups excluding carboxylic acids is 2. The maximum atomic E-state index is 13.2. The van der Waals surface area contributed by atoms with E-state index in [9.17, 15) is 14.0 Å². The number of morpholine rings is 1. The molecule has 2 heterocycles. The number of rotatable bonds is 4. The summed E-state index contributed by atoms with van der Waals surface area (Å²) in [5.74, 6) is -0.590. The number of carbonyl (C=O) groups is 2. The molecule has 7 heteroatoms. The molecule has 2 unspecified atom stereocenters. The van der Waals surface area contributed by atoms with Gasteiger partial charge in [0.1, 0.15) is 12.4 Å². The van der Waals surface area contributed by atoms with Gasteiger partial charge in [-0.05, 0) is 30.5 Å². The van der Waals surface area contributed by atoms with E-state index in [4.69, 9.17) is 9.47 Å². The van der Waals surface area contributed by atoms with Gasteiger partial charge in [0.2, 0.25) is 11.8 Å². The van der Waals surface area contributed by atoms with E-state index in [1.54, 1.807) is 17.0 Å². The standard InChI is InChI=1S/C19H25FN2O4/c1-25-13-18(23)22-12-15(19(24)21-8-10-26-11-9-21)4-7-17(22)14-2-5-16(20)6-3-14/h2-3,5-6,15,17H,4,7-13H2,1H3. The first-order chi connectivity index (χ1) is 12.6. The van der Waals surface area contributed by atoms with Gasteiger partial charge in [0.25, 0.3) is 0 Å².